The van der Waals surface area contributed by atoms with Gasteiger partial charge in [0.2, 0.25) is 11.8 Å². The molecule has 1 heterocycles. The molecular formula is C15H21N3O3. The van der Waals surface area contributed by atoms with Crippen LogP contribution in [0, 0.1) is 0 Å². The summed E-state index contributed by atoms with van der Waals surface area (Å²) >= 11 is 0. The number of anilines is 1. The maximum absolute atomic E-state index is 12.0. The standard InChI is InChI=1S/C15H21N3O3/c1-10-7-18(8-11(2)21-10)9-14(19)17-13-5-3-12(4-6-13)15(16)20/h3-6,10-11H,7-9H2,1-2H3,(H2,16,20)(H,17,19). The summed E-state index contributed by atoms with van der Waals surface area (Å²) in [4.78, 5) is 25.1. The fourth-order valence-corrected chi connectivity index (χ4v) is 2.53. The molecule has 2 amide bonds. The van der Waals surface area contributed by atoms with Crippen LogP contribution in [0.15, 0.2) is 24.3 Å². The van der Waals surface area contributed by atoms with E-state index in [1.54, 1.807) is 24.3 Å². The minimum absolute atomic E-state index is 0.0804. The van der Waals surface area contributed by atoms with E-state index in [0.29, 0.717) is 17.8 Å². The minimum Gasteiger partial charge on any atom is -0.373 e. The molecule has 1 aliphatic rings. The van der Waals surface area contributed by atoms with Crippen LogP contribution in [0.25, 0.3) is 0 Å². The molecule has 21 heavy (non-hydrogen) atoms. The second kappa shape index (κ2) is 6.69. The Balaban J connectivity index is 1.88. The predicted molar refractivity (Wildman–Crippen MR) is 80.0 cm³/mol. The van der Waals surface area contributed by atoms with Crippen LogP contribution in [0.1, 0.15) is 24.2 Å². The number of ether oxygens (including phenoxy) is 1. The van der Waals surface area contributed by atoms with Crippen molar-refractivity contribution in [2.75, 3.05) is 25.0 Å². The maximum atomic E-state index is 12.0. The molecule has 2 unspecified atom stereocenters. The molecule has 1 aliphatic heterocycles. The van der Waals surface area contributed by atoms with E-state index in [-0.39, 0.29) is 18.1 Å². The number of amides is 2. The molecule has 3 N–H and O–H groups in total. The normalized spacial score (nSPS) is 22.8. The average Bonchev–Trinajstić information content (AvgIpc) is 2.37. The van der Waals surface area contributed by atoms with Crippen LogP contribution in [0.3, 0.4) is 0 Å². The average molecular weight is 291 g/mol. The van der Waals surface area contributed by atoms with Crippen molar-refractivity contribution in [3.05, 3.63) is 29.8 Å². The molecule has 0 aliphatic carbocycles. The highest BCUT2D eigenvalue weighted by Gasteiger charge is 2.23. The molecule has 0 bridgehead atoms. The molecule has 1 aromatic rings. The zero-order chi connectivity index (χ0) is 15.4. The molecule has 6 heteroatoms. The molecule has 1 saturated heterocycles. The smallest absolute Gasteiger partial charge is 0.248 e. The molecule has 2 rings (SSSR count). The van der Waals surface area contributed by atoms with E-state index < -0.39 is 5.91 Å². The van der Waals surface area contributed by atoms with Crippen molar-refractivity contribution in [1.82, 2.24) is 4.90 Å². The third kappa shape index (κ3) is 4.54. The van der Waals surface area contributed by atoms with Gasteiger partial charge < -0.3 is 15.8 Å². The van der Waals surface area contributed by atoms with E-state index in [1.165, 1.54) is 0 Å². The van der Waals surface area contributed by atoms with Gasteiger partial charge in [-0.3, -0.25) is 14.5 Å². The largest absolute Gasteiger partial charge is 0.373 e. The topological polar surface area (TPSA) is 84.7 Å². The van der Waals surface area contributed by atoms with E-state index in [9.17, 15) is 9.59 Å². The molecule has 0 aromatic heterocycles. The minimum atomic E-state index is -0.482. The number of nitrogens with one attached hydrogen (secondary N) is 1. The van der Waals surface area contributed by atoms with Gasteiger partial charge in [0.15, 0.2) is 0 Å². The van der Waals surface area contributed by atoms with E-state index in [1.807, 2.05) is 13.8 Å². The highest BCUT2D eigenvalue weighted by molar-refractivity contribution is 5.95. The summed E-state index contributed by atoms with van der Waals surface area (Å²) in [5.74, 6) is -0.563. The third-order valence-electron chi connectivity index (χ3n) is 3.32. The highest BCUT2D eigenvalue weighted by atomic mass is 16.5. The number of primary amides is 1. The SMILES string of the molecule is CC1CN(CC(=O)Nc2ccc(C(N)=O)cc2)CC(C)O1. The van der Waals surface area contributed by atoms with Crippen LogP contribution in [-0.2, 0) is 9.53 Å². The van der Waals surface area contributed by atoms with Gasteiger partial charge in [-0.2, -0.15) is 0 Å². The number of hydrogen-bond donors (Lipinski definition) is 2. The van der Waals surface area contributed by atoms with Crippen molar-refractivity contribution in [3.8, 4) is 0 Å². The van der Waals surface area contributed by atoms with Crippen molar-refractivity contribution < 1.29 is 14.3 Å². The first-order valence-electron chi connectivity index (χ1n) is 7.01. The van der Waals surface area contributed by atoms with Crippen LogP contribution >= 0.6 is 0 Å². The van der Waals surface area contributed by atoms with Gasteiger partial charge >= 0.3 is 0 Å². The van der Waals surface area contributed by atoms with Crippen LogP contribution in [0.5, 0.6) is 0 Å². The lowest BCUT2D eigenvalue weighted by atomic mass is 10.2. The van der Waals surface area contributed by atoms with Gasteiger partial charge in [-0.05, 0) is 38.1 Å². The van der Waals surface area contributed by atoms with Crippen LogP contribution in [0.4, 0.5) is 5.69 Å². The van der Waals surface area contributed by atoms with Gasteiger partial charge in [-0.1, -0.05) is 0 Å². The van der Waals surface area contributed by atoms with Crippen molar-refractivity contribution in [1.29, 1.82) is 0 Å². The van der Waals surface area contributed by atoms with Gasteiger partial charge in [-0.25, -0.2) is 0 Å². The molecule has 6 nitrogen and oxygen atoms in total. The first-order chi connectivity index (χ1) is 9.94. The summed E-state index contributed by atoms with van der Waals surface area (Å²) in [6, 6.07) is 6.53. The quantitative estimate of drug-likeness (QED) is 0.860. The van der Waals surface area contributed by atoms with E-state index >= 15 is 0 Å². The Morgan fingerprint density at radius 2 is 1.81 bits per heavy atom. The van der Waals surface area contributed by atoms with Crippen LogP contribution < -0.4 is 11.1 Å². The number of carbonyl (C=O) groups excluding carboxylic acids is 2. The number of carbonyl (C=O) groups is 2. The number of hydrogen-bond acceptors (Lipinski definition) is 4. The fourth-order valence-electron chi connectivity index (χ4n) is 2.53. The van der Waals surface area contributed by atoms with Gasteiger partial charge in [0, 0.05) is 24.3 Å². The number of nitrogens with two attached hydrogens (primary N) is 1. The van der Waals surface area contributed by atoms with Gasteiger partial charge in [0.1, 0.15) is 0 Å². The van der Waals surface area contributed by atoms with E-state index in [4.69, 9.17) is 10.5 Å². The summed E-state index contributed by atoms with van der Waals surface area (Å²) in [5, 5.41) is 2.81. The number of rotatable bonds is 4. The number of nitrogens with zero attached hydrogens (tertiary/aromatic N) is 1. The summed E-state index contributed by atoms with van der Waals surface area (Å²) in [6.07, 6.45) is 0.271. The monoisotopic (exact) mass is 291 g/mol. The molecule has 1 aromatic carbocycles. The van der Waals surface area contributed by atoms with Gasteiger partial charge in [0.05, 0.1) is 18.8 Å². The van der Waals surface area contributed by atoms with E-state index in [2.05, 4.69) is 10.2 Å². The first kappa shape index (κ1) is 15.5. The molecular weight excluding hydrogens is 270 g/mol. The van der Waals surface area contributed by atoms with Crippen molar-refractivity contribution in [2.45, 2.75) is 26.1 Å². The molecule has 0 radical (unpaired) electrons. The number of benzene rings is 1. The molecule has 1 fully saturated rings. The zero-order valence-corrected chi connectivity index (χ0v) is 12.3. The molecule has 2 atom stereocenters. The molecule has 0 spiro atoms. The third-order valence-corrected chi connectivity index (χ3v) is 3.32. The first-order valence-corrected chi connectivity index (χ1v) is 7.01. The van der Waals surface area contributed by atoms with E-state index in [0.717, 1.165) is 13.1 Å². The van der Waals surface area contributed by atoms with Crippen LogP contribution in [-0.4, -0.2) is 48.6 Å². The summed E-state index contributed by atoms with van der Waals surface area (Å²) in [7, 11) is 0. The summed E-state index contributed by atoms with van der Waals surface area (Å²) < 4.78 is 5.63. The Labute approximate surface area is 124 Å². The lowest BCUT2D eigenvalue weighted by Crippen LogP contribution is -2.48. The Kier molecular flexibility index (Phi) is 4.93. The van der Waals surface area contributed by atoms with Crippen molar-refractivity contribution in [3.63, 3.8) is 0 Å². The molecule has 114 valence electrons. The Bertz CT molecular complexity index is 505. The highest BCUT2D eigenvalue weighted by Crippen LogP contribution is 2.12. The van der Waals surface area contributed by atoms with Crippen molar-refractivity contribution in [2.24, 2.45) is 5.73 Å². The Morgan fingerprint density at radius 3 is 2.33 bits per heavy atom. The Morgan fingerprint density at radius 1 is 1.24 bits per heavy atom. The van der Waals surface area contributed by atoms with Crippen LogP contribution in [0.2, 0.25) is 0 Å². The zero-order valence-electron chi connectivity index (χ0n) is 12.3. The summed E-state index contributed by atoms with van der Waals surface area (Å²) in [5.41, 5.74) is 6.24. The Hall–Kier alpha value is -1.92. The number of morpholine rings is 1. The lowest BCUT2D eigenvalue weighted by molar-refractivity contribution is -0.121. The summed E-state index contributed by atoms with van der Waals surface area (Å²) in [6.45, 7) is 5.83. The maximum Gasteiger partial charge on any atom is 0.248 e. The fraction of sp³-hybridized carbons (Fsp3) is 0.467. The lowest BCUT2D eigenvalue weighted by Gasteiger charge is -2.34. The molecule has 0 saturated carbocycles. The predicted octanol–water partition coefficient (Wildman–Crippen LogP) is 0.833. The van der Waals surface area contributed by atoms with Gasteiger partial charge in [0.25, 0.3) is 0 Å². The second-order valence-electron chi connectivity index (χ2n) is 5.44. The second-order valence-corrected chi connectivity index (χ2v) is 5.44. The van der Waals surface area contributed by atoms with Gasteiger partial charge in [-0.15, -0.1) is 0 Å². The van der Waals surface area contributed by atoms with Crippen molar-refractivity contribution >= 4 is 17.5 Å².